The largest absolute Gasteiger partial charge is 0.384 e. The molecule has 0 saturated carbocycles. The number of nitrogen functional groups attached to an aromatic ring is 2. The molecule has 40 heavy (non-hydrogen) atoms. The van der Waals surface area contributed by atoms with Crippen LogP contribution in [0, 0.1) is 0 Å². The molecule has 208 valence electrons. The molecule has 0 aliphatic carbocycles. The van der Waals surface area contributed by atoms with Crippen LogP contribution in [0.4, 0.5) is 11.6 Å². The maximum atomic E-state index is 6.10. The second-order valence-corrected chi connectivity index (χ2v) is 10.0. The summed E-state index contributed by atoms with van der Waals surface area (Å²) in [7, 11) is 3.75. The first-order valence-corrected chi connectivity index (χ1v) is 13.4. The first-order valence-electron chi connectivity index (χ1n) is 12.6. The molecule has 6 heterocycles. The standard InChI is InChI=1S/C13H17N7.C12H14BrN7/c1-19-8-9(6-16-19)11-7-17-20-12(15)5-10(3-2-4-14)18-13(11)20;1-19-6-7(4-16-19)8-5-17-20-11(15)10(13)9(2-3-14)18-12(8)20/h5-8H,2-4,14-15H2,1H3;4-6H,2-3,14-15H2,1H3. The van der Waals surface area contributed by atoms with E-state index in [1.165, 1.54) is 0 Å². The topological polar surface area (TPSA) is 200 Å². The lowest BCUT2D eigenvalue weighted by molar-refractivity contribution is 0.768. The van der Waals surface area contributed by atoms with Gasteiger partial charge in [0.15, 0.2) is 11.3 Å². The van der Waals surface area contributed by atoms with Gasteiger partial charge >= 0.3 is 0 Å². The molecule has 0 saturated heterocycles. The van der Waals surface area contributed by atoms with Crippen LogP contribution in [0.1, 0.15) is 17.8 Å². The maximum absolute atomic E-state index is 6.10. The summed E-state index contributed by atoms with van der Waals surface area (Å²) in [6.07, 6.45) is 13.3. The Balaban J connectivity index is 0.000000161. The Morgan fingerprint density at radius 2 is 1.35 bits per heavy atom. The van der Waals surface area contributed by atoms with Gasteiger partial charge in [0.1, 0.15) is 11.6 Å². The van der Waals surface area contributed by atoms with Gasteiger partial charge in [0.25, 0.3) is 0 Å². The van der Waals surface area contributed by atoms with Crippen molar-refractivity contribution in [3.63, 3.8) is 0 Å². The molecule has 0 atom stereocenters. The molecule has 6 aromatic rings. The zero-order valence-corrected chi connectivity index (χ0v) is 23.8. The van der Waals surface area contributed by atoms with Crippen molar-refractivity contribution in [3.05, 3.63) is 59.1 Å². The molecule has 0 aliphatic rings. The lowest BCUT2D eigenvalue weighted by atomic mass is 10.2. The van der Waals surface area contributed by atoms with Crippen molar-refractivity contribution in [2.45, 2.75) is 19.3 Å². The van der Waals surface area contributed by atoms with E-state index < -0.39 is 0 Å². The highest BCUT2D eigenvalue weighted by Crippen LogP contribution is 2.29. The Morgan fingerprint density at radius 1 is 0.750 bits per heavy atom. The number of nitrogens with zero attached hydrogens (tertiary/aromatic N) is 10. The Kier molecular flexibility index (Phi) is 7.77. The third-order valence-electron chi connectivity index (χ3n) is 6.29. The number of aromatic nitrogens is 10. The molecular formula is C25H31BrN14. The molecule has 14 nitrogen and oxygen atoms in total. The minimum atomic E-state index is 0.511. The predicted octanol–water partition coefficient (Wildman–Crippen LogP) is 1.58. The minimum Gasteiger partial charge on any atom is -0.384 e. The molecule has 0 fully saturated rings. The molecule has 0 unspecified atom stereocenters. The monoisotopic (exact) mass is 606 g/mol. The van der Waals surface area contributed by atoms with Gasteiger partial charge in [-0.05, 0) is 41.9 Å². The van der Waals surface area contributed by atoms with E-state index in [0.717, 1.165) is 56.6 Å². The zero-order valence-electron chi connectivity index (χ0n) is 22.2. The van der Waals surface area contributed by atoms with E-state index in [0.29, 0.717) is 36.8 Å². The highest BCUT2D eigenvalue weighted by molar-refractivity contribution is 9.10. The van der Waals surface area contributed by atoms with Crippen LogP contribution in [0.15, 0.2) is 47.7 Å². The van der Waals surface area contributed by atoms with Gasteiger partial charge in [-0.15, -0.1) is 0 Å². The quantitative estimate of drug-likeness (QED) is 0.207. The van der Waals surface area contributed by atoms with Crippen molar-refractivity contribution in [1.82, 2.24) is 48.8 Å². The van der Waals surface area contributed by atoms with Crippen molar-refractivity contribution < 1.29 is 0 Å². The Bertz CT molecular complexity index is 1780. The summed E-state index contributed by atoms with van der Waals surface area (Å²) in [5.74, 6) is 1.10. The second-order valence-electron chi connectivity index (χ2n) is 9.25. The number of nitrogens with two attached hydrogens (primary N) is 4. The fourth-order valence-electron chi connectivity index (χ4n) is 4.32. The van der Waals surface area contributed by atoms with Crippen molar-refractivity contribution >= 4 is 38.9 Å². The van der Waals surface area contributed by atoms with E-state index in [2.05, 4.69) is 46.3 Å². The highest BCUT2D eigenvalue weighted by atomic mass is 79.9. The number of aryl methyl sites for hydroxylation is 3. The predicted molar refractivity (Wildman–Crippen MR) is 157 cm³/mol. The molecule has 0 amide bonds. The van der Waals surface area contributed by atoms with E-state index in [-0.39, 0.29) is 0 Å². The van der Waals surface area contributed by atoms with Gasteiger partial charge < -0.3 is 22.9 Å². The Hall–Kier alpha value is -4.34. The van der Waals surface area contributed by atoms with E-state index in [9.17, 15) is 0 Å². The van der Waals surface area contributed by atoms with Crippen LogP contribution >= 0.6 is 15.9 Å². The Morgan fingerprint density at radius 3 is 1.90 bits per heavy atom. The van der Waals surface area contributed by atoms with Crippen LogP contribution in [0.5, 0.6) is 0 Å². The molecule has 6 aromatic heterocycles. The van der Waals surface area contributed by atoms with E-state index in [4.69, 9.17) is 22.9 Å². The molecule has 0 aliphatic heterocycles. The van der Waals surface area contributed by atoms with Crippen LogP contribution < -0.4 is 22.9 Å². The van der Waals surface area contributed by atoms with E-state index in [1.807, 2.05) is 32.6 Å². The summed E-state index contributed by atoms with van der Waals surface area (Å²) in [4.78, 5) is 9.27. The van der Waals surface area contributed by atoms with Gasteiger partial charge in [0, 0.05) is 66.9 Å². The first kappa shape index (κ1) is 27.2. The number of rotatable bonds is 7. The van der Waals surface area contributed by atoms with Crippen molar-refractivity contribution in [1.29, 1.82) is 0 Å². The maximum Gasteiger partial charge on any atom is 0.165 e. The smallest absolute Gasteiger partial charge is 0.165 e. The fraction of sp³-hybridized carbons (Fsp3) is 0.280. The average Bonchev–Trinajstić information content (AvgIpc) is 3.73. The molecular weight excluding hydrogens is 576 g/mol. The number of anilines is 2. The zero-order chi connectivity index (χ0) is 28.4. The van der Waals surface area contributed by atoms with Crippen LogP contribution in [0.2, 0.25) is 0 Å². The van der Waals surface area contributed by atoms with Gasteiger partial charge in [-0.3, -0.25) is 9.36 Å². The lowest BCUT2D eigenvalue weighted by Gasteiger charge is -2.08. The van der Waals surface area contributed by atoms with Crippen LogP contribution in [0.25, 0.3) is 33.5 Å². The molecule has 0 bridgehead atoms. The molecule has 0 spiro atoms. The summed E-state index contributed by atoms with van der Waals surface area (Å²) >= 11 is 3.45. The summed E-state index contributed by atoms with van der Waals surface area (Å²) in [5.41, 5.74) is 30.3. The summed E-state index contributed by atoms with van der Waals surface area (Å²) in [6, 6.07) is 1.85. The van der Waals surface area contributed by atoms with Gasteiger partial charge in [0.05, 0.1) is 35.0 Å². The molecule has 6 rings (SSSR count). The lowest BCUT2D eigenvalue weighted by Crippen LogP contribution is -2.10. The van der Waals surface area contributed by atoms with Crippen LogP contribution in [-0.4, -0.2) is 61.8 Å². The summed E-state index contributed by atoms with van der Waals surface area (Å²) in [6.45, 7) is 1.15. The molecule has 15 heteroatoms. The SMILES string of the molecule is Cn1cc(-c2cnn3c(N)c(Br)c(CCN)nc23)cn1.Cn1cc(-c2cnn3c(N)cc(CCCN)nc23)cn1. The van der Waals surface area contributed by atoms with Crippen LogP contribution in [0.3, 0.4) is 0 Å². The summed E-state index contributed by atoms with van der Waals surface area (Å²) < 4.78 is 7.50. The average molecular weight is 608 g/mol. The van der Waals surface area contributed by atoms with E-state index in [1.54, 1.807) is 43.2 Å². The van der Waals surface area contributed by atoms with Crippen molar-refractivity contribution in [2.75, 3.05) is 24.6 Å². The van der Waals surface area contributed by atoms with Gasteiger partial charge in [-0.25, -0.2) is 9.97 Å². The highest BCUT2D eigenvalue weighted by Gasteiger charge is 2.16. The van der Waals surface area contributed by atoms with E-state index >= 15 is 0 Å². The third kappa shape index (κ3) is 5.25. The fourth-order valence-corrected chi connectivity index (χ4v) is 4.78. The molecule has 8 N–H and O–H groups in total. The number of fused-ring (bicyclic) bond motifs is 2. The summed E-state index contributed by atoms with van der Waals surface area (Å²) in [5, 5.41) is 16.9. The van der Waals surface area contributed by atoms with Crippen molar-refractivity contribution in [2.24, 2.45) is 25.6 Å². The first-order chi connectivity index (χ1) is 19.3. The van der Waals surface area contributed by atoms with Gasteiger partial charge in [0.2, 0.25) is 0 Å². The Labute approximate surface area is 238 Å². The van der Waals surface area contributed by atoms with Crippen LogP contribution in [-0.2, 0) is 26.9 Å². The van der Waals surface area contributed by atoms with Gasteiger partial charge in [-0.2, -0.15) is 29.4 Å². The number of hydrogen-bond donors (Lipinski definition) is 4. The number of hydrogen-bond acceptors (Lipinski definition) is 10. The minimum absolute atomic E-state index is 0.511. The van der Waals surface area contributed by atoms with Crippen molar-refractivity contribution in [3.8, 4) is 22.3 Å². The second kappa shape index (κ2) is 11.4. The number of halogens is 1. The molecule has 0 radical (unpaired) electrons. The third-order valence-corrected chi connectivity index (χ3v) is 7.16. The van der Waals surface area contributed by atoms with Gasteiger partial charge in [-0.1, -0.05) is 0 Å². The normalized spacial score (nSPS) is 11.3. The molecule has 0 aromatic carbocycles.